The number of halogens is 9. The average Bonchev–Trinajstić information content (AvgIpc) is 4.10. The number of piperazine rings is 1. The van der Waals surface area contributed by atoms with Gasteiger partial charge < -0.3 is 30.1 Å². The van der Waals surface area contributed by atoms with Crippen LogP contribution in [0.1, 0.15) is 95.0 Å². The molecule has 2 aliphatic heterocycles. The number of anilines is 1. The lowest BCUT2D eigenvalue weighted by Gasteiger charge is -2.48. The summed E-state index contributed by atoms with van der Waals surface area (Å²) in [6, 6.07) is 10.6. The van der Waals surface area contributed by atoms with E-state index in [1.807, 2.05) is 22.8 Å². The largest absolute Gasteiger partial charge is 0.453 e. The van der Waals surface area contributed by atoms with E-state index in [2.05, 4.69) is 41.6 Å². The molecule has 0 radical (unpaired) electrons. The molecule has 7 rings (SSSR count). The first kappa shape index (κ1) is 60.7. The number of pyridine rings is 1. The molecule has 434 valence electrons. The van der Waals surface area contributed by atoms with Crippen LogP contribution in [0.25, 0.3) is 11.1 Å². The number of alkyl carbamates (subject to hydrolysis) is 2. The Bertz CT molecular complexity index is 2870. The highest BCUT2D eigenvalue weighted by molar-refractivity contribution is 5.89. The Balaban J connectivity index is 1.17. The molecule has 16 nitrogen and oxygen atoms in total. The van der Waals surface area contributed by atoms with Crippen molar-refractivity contribution in [1.29, 1.82) is 0 Å². The quantitative estimate of drug-likeness (QED) is 0.0376. The van der Waals surface area contributed by atoms with Crippen LogP contribution in [0.2, 0.25) is 0 Å². The molecule has 0 spiro atoms. The number of fused-ring (bicyclic) bond motifs is 2. The molecular weight excluding hydrogens is 1070 g/mol. The number of hydrogen-bond acceptors (Lipinski definition) is 12. The highest BCUT2D eigenvalue weighted by Gasteiger charge is 2.57. The van der Waals surface area contributed by atoms with Crippen LogP contribution >= 0.6 is 0 Å². The van der Waals surface area contributed by atoms with Gasteiger partial charge in [-0.05, 0) is 107 Å². The van der Waals surface area contributed by atoms with E-state index in [4.69, 9.17) is 4.98 Å². The van der Waals surface area contributed by atoms with Gasteiger partial charge in [-0.1, -0.05) is 42.5 Å². The highest BCUT2D eigenvalue weighted by Crippen LogP contribution is 2.43. The molecule has 4 N–H and O–H groups in total. The van der Waals surface area contributed by atoms with E-state index in [1.165, 1.54) is 38.2 Å². The van der Waals surface area contributed by atoms with Gasteiger partial charge in [0.25, 0.3) is 5.91 Å². The summed E-state index contributed by atoms with van der Waals surface area (Å²) in [7, 11) is 1.70. The molecule has 3 fully saturated rings. The van der Waals surface area contributed by atoms with Crippen LogP contribution in [0.15, 0.2) is 73.2 Å². The van der Waals surface area contributed by atoms with Gasteiger partial charge in [-0.15, -0.1) is 0 Å². The predicted octanol–water partition coefficient (Wildman–Crippen LogP) is 8.72. The number of Topliss-reactive ketones (excluding diaryl/α,β-unsaturated/α-hetero) is 1. The van der Waals surface area contributed by atoms with Crippen LogP contribution in [0, 0.1) is 34.4 Å². The van der Waals surface area contributed by atoms with Crippen LogP contribution in [-0.2, 0) is 32.0 Å². The molecule has 1 aliphatic carbocycles. The van der Waals surface area contributed by atoms with E-state index >= 15 is 4.39 Å². The highest BCUT2D eigenvalue weighted by atomic mass is 19.4. The fourth-order valence-electron chi connectivity index (χ4n) is 10.3. The van der Waals surface area contributed by atoms with Gasteiger partial charge in [0.2, 0.25) is 0 Å². The number of amides is 3. The molecule has 2 aromatic carbocycles. The van der Waals surface area contributed by atoms with Gasteiger partial charge in [-0.25, -0.2) is 28.7 Å². The molecule has 4 aromatic rings. The van der Waals surface area contributed by atoms with Crippen molar-refractivity contribution in [3.63, 3.8) is 0 Å². The molecule has 3 amide bonds. The van der Waals surface area contributed by atoms with Crippen LogP contribution in [0.3, 0.4) is 0 Å². The molecule has 4 heterocycles. The summed E-state index contributed by atoms with van der Waals surface area (Å²) in [5, 5.41) is 20.3. The van der Waals surface area contributed by atoms with Crippen molar-refractivity contribution in [2.24, 2.45) is 16.7 Å². The molecule has 80 heavy (non-hydrogen) atoms. The summed E-state index contributed by atoms with van der Waals surface area (Å²) in [5.41, 5.74) is -2.34. The van der Waals surface area contributed by atoms with Crippen molar-refractivity contribution in [1.82, 2.24) is 40.7 Å². The van der Waals surface area contributed by atoms with Crippen molar-refractivity contribution in [2.75, 3.05) is 38.8 Å². The number of hydrazine groups is 1. The van der Waals surface area contributed by atoms with Gasteiger partial charge in [0, 0.05) is 85.4 Å². The second kappa shape index (κ2) is 24.8. The molecule has 2 aromatic heterocycles. The number of aromatic nitrogens is 3. The van der Waals surface area contributed by atoms with Crippen LogP contribution < -0.4 is 21.0 Å². The minimum absolute atomic E-state index is 0.0659. The third kappa shape index (κ3) is 14.2. The Labute approximate surface area is 456 Å². The van der Waals surface area contributed by atoms with E-state index in [-0.39, 0.29) is 23.1 Å². The van der Waals surface area contributed by atoms with E-state index in [0.717, 1.165) is 62.7 Å². The van der Waals surface area contributed by atoms with E-state index in [1.54, 1.807) is 30.5 Å². The Kier molecular flexibility index (Phi) is 18.9. The Morgan fingerprint density at radius 3 is 1.89 bits per heavy atom. The number of aliphatic hydroxyl groups excluding tert-OH is 1. The molecule has 2 unspecified atom stereocenters. The number of alkyl halides is 8. The second-order valence-electron chi connectivity index (χ2n) is 21.6. The van der Waals surface area contributed by atoms with Crippen molar-refractivity contribution < 1.29 is 73.3 Å². The van der Waals surface area contributed by atoms with E-state index in [9.17, 15) is 59.4 Å². The number of nitrogens with zero attached hydrogens (tertiary/aromatic N) is 6. The predicted molar refractivity (Wildman–Crippen MR) is 274 cm³/mol. The summed E-state index contributed by atoms with van der Waals surface area (Å²) in [5.74, 6) is 1.80. The Morgan fingerprint density at radius 2 is 1.36 bits per heavy atom. The van der Waals surface area contributed by atoms with Gasteiger partial charge in [0.05, 0.1) is 37.4 Å². The zero-order valence-corrected chi connectivity index (χ0v) is 44.8. The van der Waals surface area contributed by atoms with Gasteiger partial charge >= 0.3 is 31.1 Å². The maximum Gasteiger partial charge on any atom is 0.407 e. The first-order valence-corrected chi connectivity index (χ1v) is 25.9. The monoisotopic (exact) mass is 1130 g/mol. The molecule has 2 bridgehead atoms. The van der Waals surface area contributed by atoms with Gasteiger partial charge in [-0.3, -0.25) is 19.9 Å². The lowest BCUT2D eigenvalue weighted by molar-refractivity contribution is -0.221. The standard InChI is InChI=1S/C55H64F9N9O7/c1-52(2,54(59,60)61)46(67-50(77)79-5)43(74)24-37(22-33-13-10-32(11-14-33)12-15-34-16-21-45(65-25-34)70-29-40-19-20-41(30-70)73(40)39-8-7-9-39)44(75)31-71(69-48(76)47(68-51(78)80-6)53(3,4)55(62,63)64)27-36-18-17-35(23-42(36)56)38-26-66-72(28-38)49(57)58/h10-11,13-14,16-18,21,23,25-26,28,37,39-41,44,46-47,49,75H,7-9,19-20,22,24,27,29-31H2,1-6H3,(H,67,77)(H,68,78)(H,69,76)/t37-,40?,41?,44+,46-,47-/m1/s1. The number of ketones is 1. The minimum atomic E-state index is -5.15. The molecule has 2 saturated heterocycles. The summed E-state index contributed by atoms with van der Waals surface area (Å²) in [4.78, 5) is 62.8. The van der Waals surface area contributed by atoms with Gasteiger partial charge in [0.1, 0.15) is 23.7 Å². The number of ether oxygens (including phenoxy) is 2. The number of aliphatic hydroxyl groups is 1. The minimum Gasteiger partial charge on any atom is -0.453 e. The number of carbonyl (C=O) groups excluding carboxylic acids is 4. The van der Waals surface area contributed by atoms with E-state index in [0.29, 0.717) is 67.2 Å². The number of nitrogens with one attached hydrogen (secondary N) is 3. The van der Waals surface area contributed by atoms with Crippen LogP contribution in [0.5, 0.6) is 0 Å². The number of benzene rings is 2. The smallest absolute Gasteiger partial charge is 0.407 e. The molecule has 6 atom stereocenters. The van der Waals surface area contributed by atoms with Gasteiger partial charge in [0.15, 0.2) is 5.78 Å². The molecular formula is C55H64F9N9O7. The number of hydrogen-bond donors (Lipinski definition) is 4. The van der Waals surface area contributed by atoms with E-state index < -0.39 is 103 Å². The maximum absolute atomic E-state index is 16.0. The maximum atomic E-state index is 16.0. The zero-order valence-electron chi connectivity index (χ0n) is 44.8. The van der Waals surface area contributed by atoms with Crippen molar-refractivity contribution in [3.8, 4) is 23.0 Å². The normalized spacial score (nSPS) is 18.6. The summed E-state index contributed by atoms with van der Waals surface area (Å²) in [6.07, 6.45) is -6.34. The van der Waals surface area contributed by atoms with Crippen molar-refractivity contribution >= 4 is 29.7 Å². The van der Waals surface area contributed by atoms with Crippen LogP contribution in [0.4, 0.5) is 54.9 Å². The lowest BCUT2D eigenvalue weighted by Crippen LogP contribution is -2.62. The third-order valence-electron chi connectivity index (χ3n) is 15.5. The van der Waals surface area contributed by atoms with Crippen LogP contribution in [-0.4, -0.2) is 136 Å². The topological polar surface area (TPSA) is 183 Å². The number of rotatable bonds is 20. The van der Waals surface area contributed by atoms with Crippen molar-refractivity contribution in [3.05, 3.63) is 101 Å². The second-order valence-corrected chi connectivity index (χ2v) is 21.6. The van der Waals surface area contributed by atoms with Crippen molar-refractivity contribution in [2.45, 2.75) is 134 Å². The fraction of sp³-hybridized carbons (Fsp3) is 0.527. The SMILES string of the molecule is COC(=O)N[C@H](C(=O)C[C@@H](Cc1ccc(C#Cc2ccc(N3CC4CCC(C3)N4C3CCC3)nc2)cc1)[C@@H](O)CN(Cc1ccc(-c2cnn(C(F)F)c2)cc1F)NC(=O)[C@@H](NC(=O)OC)C(C)(C)C(F)(F)F)C(C)(C)C(F)(F)F. The molecule has 25 heteroatoms. The molecule has 3 aliphatic rings. The average molecular weight is 1130 g/mol. The lowest BCUT2D eigenvalue weighted by atomic mass is 9.77. The summed E-state index contributed by atoms with van der Waals surface area (Å²) < 4.78 is 139. The number of carbonyl (C=O) groups is 4. The first-order valence-electron chi connectivity index (χ1n) is 25.9. The number of methoxy groups -OCH3 is 2. The van der Waals surface area contributed by atoms with Gasteiger partial charge in [-0.2, -0.15) is 40.2 Å². The first-order chi connectivity index (χ1) is 37.6. The summed E-state index contributed by atoms with van der Waals surface area (Å²) >= 11 is 0. The Morgan fingerprint density at radius 1 is 0.775 bits per heavy atom. The third-order valence-corrected chi connectivity index (χ3v) is 15.5. The zero-order chi connectivity index (χ0) is 58.5. The fourth-order valence-corrected chi connectivity index (χ4v) is 10.3. The Hall–Kier alpha value is -6.91. The molecule has 1 saturated carbocycles. The summed E-state index contributed by atoms with van der Waals surface area (Å²) in [6.45, 7) is -0.267.